The SMILES string of the molecule is CCNC(CC1CCSCC1)c1cc(OC)cc(OC)c1. The second-order valence-corrected chi connectivity index (χ2v) is 6.77. The number of ether oxygens (including phenoxy) is 2. The molecule has 1 fully saturated rings. The molecule has 0 bridgehead atoms. The molecule has 0 radical (unpaired) electrons. The van der Waals surface area contributed by atoms with Crippen molar-refractivity contribution in [3.63, 3.8) is 0 Å². The van der Waals surface area contributed by atoms with Gasteiger partial charge in [-0.1, -0.05) is 6.92 Å². The standard InChI is InChI=1S/C17H27NO2S/c1-4-18-17(9-13-5-7-21-8-6-13)14-10-15(19-2)12-16(11-14)20-3/h10-13,17-18H,4-9H2,1-3H3. The molecule has 0 amide bonds. The number of nitrogens with one attached hydrogen (secondary N) is 1. The van der Waals surface area contributed by atoms with E-state index in [1.54, 1.807) is 14.2 Å². The predicted octanol–water partition coefficient (Wildman–Crippen LogP) is 3.89. The predicted molar refractivity (Wildman–Crippen MR) is 90.6 cm³/mol. The van der Waals surface area contributed by atoms with Gasteiger partial charge in [0.25, 0.3) is 0 Å². The van der Waals surface area contributed by atoms with Gasteiger partial charge in [-0.25, -0.2) is 0 Å². The normalized spacial score (nSPS) is 17.5. The minimum atomic E-state index is 0.382. The fourth-order valence-corrected chi connectivity index (χ4v) is 4.13. The molecule has 0 spiro atoms. The number of hydrogen-bond acceptors (Lipinski definition) is 4. The average molecular weight is 309 g/mol. The summed E-state index contributed by atoms with van der Waals surface area (Å²) < 4.78 is 10.8. The van der Waals surface area contributed by atoms with Gasteiger partial charge in [0.1, 0.15) is 11.5 Å². The Balaban J connectivity index is 2.15. The van der Waals surface area contributed by atoms with E-state index in [9.17, 15) is 0 Å². The largest absolute Gasteiger partial charge is 0.497 e. The number of benzene rings is 1. The van der Waals surface area contributed by atoms with Crippen LogP contribution in [0.5, 0.6) is 11.5 Å². The van der Waals surface area contributed by atoms with Crippen LogP contribution < -0.4 is 14.8 Å². The average Bonchev–Trinajstić information content (AvgIpc) is 2.55. The molecule has 1 atom stereocenters. The van der Waals surface area contributed by atoms with Crippen molar-refractivity contribution in [3.8, 4) is 11.5 Å². The lowest BCUT2D eigenvalue weighted by Crippen LogP contribution is -2.25. The van der Waals surface area contributed by atoms with Gasteiger partial charge in [-0.15, -0.1) is 0 Å². The maximum absolute atomic E-state index is 5.40. The van der Waals surface area contributed by atoms with Gasteiger partial charge in [0.15, 0.2) is 0 Å². The van der Waals surface area contributed by atoms with Crippen LogP contribution >= 0.6 is 11.8 Å². The van der Waals surface area contributed by atoms with E-state index < -0.39 is 0 Å². The molecular weight excluding hydrogens is 282 g/mol. The molecule has 1 N–H and O–H groups in total. The van der Waals surface area contributed by atoms with Crippen LogP contribution in [0.2, 0.25) is 0 Å². The molecule has 1 aliphatic rings. The lowest BCUT2D eigenvalue weighted by molar-refractivity contribution is 0.366. The smallest absolute Gasteiger partial charge is 0.122 e. The van der Waals surface area contributed by atoms with Crippen LogP contribution in [0.25, 0.3) is 0 Å². The van der Waals surface area contributed by atoms with Crippen molar-refractivity contribution in [1.82, 2.24) is 5.32 Å². The molecule has 1 heterocycles. The lowest BCUT2D eigenvalue weighted by Gasteiger charge is -2.27. The summed E-state index contributed by atoms with van der Waals surface area (Å²) in [7, 11) is 3.42. The van der Waals surface area contributed by atoms with Gasteiger partial charge in [0, 0.05) is 12.1 Å². The van der Waals surface area contributed by atoms with Crippen LogP contribution in [0.1, 0.15) is 37.8 Å². The third-order valence-corrected chi connectivity index (χ3v) is 5.19. The summed E-state index contributed by atoms with van der Waals surface area (Å²) in [5.41, 5.74) is 1.27. The van der Waals surface area contributed by atoms with Crippen LogP contribution in [0.4, 0.5) is 0 Å². The topological polar surface area (TPSA) is 30.5 Å². The Kier molecular flexibility index (Phi) is 6.71. The lowest BCUT2D eigenvalue weighted by atomic mass is 9.90. The second kappa shape index (κ2) is 8.54. The van der Waals surface area contributed by atoms with Crippen molar-refractivity contribution in [2.75, 3.05) is 32.3 Å². The highest BCUT2D eigenvalue weighted by Gasteiger charge is 2.21. The summed E-state index contributed by atoms with van der Waals surface area (Å²) in [4.78, 5) is 0. The van der Waals surface area contributed by atoms with Crippen LogP contribution in [-0.2, 0) is 0 Å². The summed E-state index contributed by atoms with van der Waals surface area (Å²) in [5.74, 6) is 5.18. The van der Waals surface area contributed by atoms with E-state index in [0.29, 0.717) is 6.04 Å². The number of hydrogen-bond donors (Lipinski definition) is 1. The minimum absolute atomic E-state index is 0.382. The van der Waals surface area contributed by atoms with E-state index in [1.165, 1.54) is 36.3 Å². The highest BCUT2D eigenvalue weighted by Crippen LogP contribution is 2.33. The summed E-state index contributed by atoms with van der Waals surface area (Å²) in [6, 6.07) is 6.58. The van der Waals surface area contributed by atoms with E-state index in [-0.39, 0.29) is 0 Å². The fraction of sp³-hybridized carbons (Fsp3) is 0.647. The van der Waals surface area contributed by atoms with Crippen molar-refractivity contribution in [2.45, 2.75) is 32.2 Å². The first-order valence-electron chi connectivity index (χ1n) is 7.81. The summed E-state index contributed by atoms with van der Waals surface area (Å²) in [6.07, 6.45) is 3.88. The Labute approximate surface area is 132 Å². The van der Waals surface area contributed by atoms with Gasteiger partial charge in [-0.05, 0) is 60.9 Å². The molecule has 3 nitrogen and oxygen atoms in total. The zero-order valence-corrected chi connectivity index (χ0v) is 14.2. The third-order valence-electron chi connectivity index (χ3n) is 4.14. The van der Waals surface area contributed by atoms with E-state index in [0.717, 1.165) is 24.0 Å². The first-order valence-corrected chi connectivity index (χ1v) is 8.96. The third kappa shape index (κ3) is 4.82. The molecule has 1 unspecified atom stereocenters. The van der Waals surface area contributed by atoms with Crippen molar-refractivity contribution in [2.24, 2.45) is 5.92 Å². The highest BCUT2D eigenvalue weighted by atomic mass is 32.2. The van der Waals surface area contributed by atoms with Crippen LogP contribution in [-0.4, -0.2) is 32.3 Å². The number of rotatable bonds is 7. The molecule has 0 aliphatic carbocycles. The Bertz CT molecular complexity index is 411. The molecule has 1 aromatic carbocycles. The Hall–Kier alpha value is -0.870. The minimum Gasteiger partial charge on any atom is -0.497 e. The summed E-state index contributed by atoms with van der Waals surface area (Å²) in [5, 5.41) is 3.63. The van der Waals surface area contributed by atoms with Gasteiger partial charge in [0.2, 0.25) is 0 Å². The van der Waals surface area contributed by atoms with Crippen molar-refractivity contribution < 1.29 is 9.47 Å². The molecule has 118 valence electrons. The second-order valence-electron chi connectivity index (χ2n) is 5.55. The Morgan fingerprint density at radius 1 is 1.14 bits per heavy atom. The van der Waals surface area contributed by atoms with Crippen LogP contribution in [0.15, 0.2) is 18.2 Å². The molecule has 21 heavy (non-hydrogen) atoms. The van der Waals surface area contributed by atoms with E-state index >= 15 is 0 Å². The van der Waals surface area contributed by atoms with Gasteiger partial charge < -0.3 is 14.8 Å². The maximum atomic E-state index is 5.40. The maximum Gasteiger partial charge on any atom is 0.122 e. The van der Waals surface area contributed by atoms with E-state index in [4.69, 9.17) is 9.47 Å². The van der Waals surface area contributed by atoms with Crippen molar-refractivity contribution in [3.05, 3.63) is 23.8 Å². The van der Waals surface area contributed by atoms with Gasteiger partial charge in [-0.2, -0.15) is 11.8 Å². The monoisotopic (exact) mass is 309 g/mol. The molecule has 1 saturated heterocycles. The quantitative estimate of drug-likeness (QED) is 0.828. The summed E-state index contributed by atoms with van der Waals surface area (Å²) in [6.45, 7) is 3.15. The first kappa shape index (κ1) is 16.5. The van der Waals surface area contributed by atoms with Gasteiger partial charge in [-0.3, -0.25) is 0 Å². The Morgan fingerprint density at radius 3 is 2.29 bits per heavy atom. The molecule has 2 rings (SSSR count). The Morgan fingerprint density at radius 2 is 1.76 bits per heavy atom. The summed E-state index contributed by atoms with van der Waals surface area (Å²) >= 11 is 2.09. The van der Waals surface area contributed by atoms with Crippen molar-refractivity contribution in [1.29, 1.82) is 0 Å². The van der Waals surface area contributed by atoms with E-state index in [1.807, 2.05) is 6.07 Å². The van der Waals surface area contributed by atoms with Crippen molar-refractivity contribution >= 4 is 11.8 Å². The van der Waals surface area contributed by atoms with Gasteiger partial charge in [0.05, 0.1) is 14.2 Å². The van der Waals surface area contributed by atoms with E-state index in [2.05, 4.69) is 36.1 Å². The number of thioether (sulfide) groups is 1. The zero-order chi connectivity index (χ0) is 15.1. The fourth-order valence-electron chi connectivity index (χ4n) is 2.93. The van der Waals surface area contributed by atoms with Gasteiger partial charge >= 0.3 is 0 Å². The molecule has 4 heteroatoms. The molecular formula is C17H27NO2S. The highest BCUT2D eigenvalue weighted by molar-refractivity contribution is 7.99. The molecule has 1 aliphatic heterocycles. The van der Waals surface area contributed by atoms with Crippen LogP contribution in [0.3, 0.4) is 0 Å². The first-order chi connectivity index (χ1) is 10.3. The molecule has 0 saturated carbocycles. The number of methoxy groups -OCH3 is 2. The molecule has 0 aromatic heterocycles. The zero-order valence-electron chi connectivity index (χ0n) is 13.4. The van der Waals surface area contributed by atoms with Crippen LogP contribution in [0, 0.1) is 5.92 Å². The molecule has 1 aromatic rings.